The summed E-state index contributed by atoms with van der Waals surface area (Å²) in [7, 11) is 0. The van der Waals surface area contributed by atoms with E-state index in [4.69, 9.17) is 4.74 Å². The normalized spacial score (nSPS) is 14.5. The summed E-state index contributed by atoms with van der Waals surface area (Å²) in [6.07, 6.45) is 1.57. The zero-order valence-corrected chi connectivity index (χ0v) is 8.55. The highest BCUT2D eigenvalue weighted by Crippen LogP contribution is 2.13. The van der Waals surface area contributed by atoms with Crippen molar-refractivity contribution >= 4 is 0 Å². The third-order valence-electron chi connectivity index (χ3n) is 2.16. The predicted molar refractivity (Wildman–Crippen MR) is 49.7 cm³/mol. The number of hydrogen-bond acceptors (Lipinski definition) is 1. The highest BCUT2D eigenvalue weighted by atomic mass is 16.5. The molecule has 1 atom stereocenters. The highest BCUT2D eigenvalue weighted by Gasteiger charge is 2.06. The third-order valence-corrected chi connectivity index (χ3v) is 2.16. The Kier molecular flexibility index (Phi) is 5.57. The van der Waals surface area contributed by atoms with Gasteiger partial charge in [-0.05, 0) is 32.1 Å². The maximum absolute atomic E-state index is 5.46. The molecule has 0 fully saturated rings. The Hall–Kier alpha value is -0.0400. The van der Waals surface area contributed by atoms with Crippen LogP contribution >= 0.6 is 0 Å². The number of hydrogen-bond donors (Lipinski definition) is 0. The summed E-state index contributed by atoms with van der Waals surface area (Å²) in [5, 5.41) is 0. The van der Waals surface area contributed by atoms with Crippen LogP contribution in [0.25, 0.3) is 0 Å². The van der Waals surface area contributed by atoms with E-state index in [1.165, 1.54) is 6.42 Å². The van der Waals surface area contributed by atoms with Crippen molar-refractivity contribution in [2.24, 2.45) is 11.8 Å². The molecule has 0 spiro atoms. The van der Waals surface area contributed by atoms with Gasteiger partial charge in [0.2, 0.25) is 0 Å². The Morgan fingerprint density at radius 1 is 1.00 bits per heavy atom. The number of ether oxygens (including phenoxy) is 1. The molecule has 0 unspecified atom stereocenters. The molecule has 0 saturated heterocycles. The summed E-state index contributed by atoms with van der Waals surface area (Å²) >= 11 is 0. The molecule has 0 radical (unpaired) electrons. The fraction of sp³-hybridized carbons (Fsp3) is 1.00. The second-order valence-corrected chi connectivity index (χ2v) is 3.93. The van der Waals surface area contributed by atoms with Crippen LogP contribution in [0.2, 0.25) is 0 Å². The monoisotopic (exact) mass is 158 g/mol. The zero-order valence-electron chi connectivity index (χ0n) is 8.55. The smallest absolute Gasteiger partial charge is 0.0518 e. The van der Waals surface area contributed by atoms with E-state index in [0.29, 0.717) is 6.10 Å². The Bertz CT molecular complexity index is 86.9. The largest absolute Gasteiger partial charge is 0.379 e. The van der Waals surface area contributed by atoms with Crippen LogP contribution < -0.4 is 0 Å². The second kappa shape index (κ2) is 5.59. The fourth-order valence-corrected chi connectivity index (χ4v) is 0.823. The van der Waals surface area contributed by atoms with Crippen molar-refractivity contribution in [2.45, 2.75) is 47.1 Å². The molecule has 0 N–H and O–H groups in total. The molecule has 0 aliphatic carbocycles. The molecule has 0 aliphatic heterocycles. The van der Waals surface area contributed by atoms with E-state index in [0.717, 1.165) is 18.4 Å². The number of rotatable bonds is 5. The lowest BCUT2D eigenvalue weighted by molar-refractivity contribution is 0.0659. The average molecular weight is 158 g/mol. The van der Waals surface area contributed by atoms with E-state index >= 15 is 0 Å². The minimum Gasteiger partial charge on any atom is -0.379 e. The van der Waals surface area contributed by atoms with E-state index in [9.17, 15) is 0 Å². The molecule has 0 bridgehead atoms. The quantitative estimate of drug-likeness (QED) is 0.597. The first-order valence-electron chi connectivity index (χ1n) is 4.65. The molecule has 0 aliphatic rings. The lowest BCUT2D eigenvalue weighted by atomic mass is 9.95. The first-order valence-corrected chi connectivity index (χ1v) is 4.65. The van der Waals surface area contributed by atoms with Crippen LogP contribution in [0.5, 0.6) is 0 Å². The maximum Gasteiger partial charge on any atom is 0.0518 e. The summed E-state index contributed by atoms with van der Waals surface area (Å²) in [4.78, 5) is 0. The molecule has 0 amide bonds. The van der Waals surface area contributed by atoms with E-state index in [-0.39, 0.29) is 0 Å². The molecule has 1 heteroatoms. The van der Waals surface area contributed by atoms with Gasteiger partial charge in [0.25, 0.3) is 0 Å². The molecule has 1 nitrogen and oxygen atoms in total. The molecule has 0 heterocycles. The topological polar surface area (TPSA) is 9.23 Å². The van der Waals surface area contributed by atoms with Crippen molar-refractivity contribution in [3.63, 3.8) is 0 Å². The molecule has 11 heavy (non-hydrogen) atoms. The van der Waals surface area contributed by atoms with E-state index in [2.05, 4.69) is 34.6 Å². The molecule has 68 valence electrons. The van der Waals surface area contributed by atoms with Crippen molar-refractivity contribution in [2.75, 3.05) is 6.61 Å². The summed E-state index contributed by atoms with van der Waals surface area (Å²) in [6.45, 7) is 11.9. The summed E-state index contributed by atoms with van der Waals surface area (Å²) in [5.41, 5.74) is 0. The Morgan fingerprint density at radius 2 is 1.55 bits per heavy atom. The molecular formula is C10H22O. The van der Waals surface area contributed by atoms with Crippen molar-refractivity contribution in [3.05, 3.63) is 0 Å². The van der Waals surface area contributed by atoms with Gasteiger partial charge in [0.05, 0.1) is 6.10 Å². The van der Waals surface area contributed by atoms with Gasteiger partial charge in [-0.3, -0.25) is 0 Å². The minimum absolute atomic E-state index is 0.384. The van der Waals surface area contributed by atoms with Crippen molar-refractivity contribution in [1.29, 1.82) is 0 Å². The van der Waals surface area contributed by atoms with E-state index in [1.54, 1.807) is 0 Å². The second-order valence-electron chi connectivity index (χ2n) is 3.93. The summed E-state index contributed by atoms with van der Waals surface area (Å²) < 4.78 is 5.46. The lowest BCUT2D eigenvalue weighted by Gasteiger charge is -2.16. The fourth-order valence-electron chi connectivity index (χ4n) is 0.823. The van der Waals surface area contributed by atoms with Gasteiger partial charge < -0.3 is 4.74 Å². The third kappa shape index (κ3) is 6.36. The van der Waals surface area contributed by atoms with Crippen LogP contribution in [0.4, 0.5) is 0 Å². The summed E-state index contributed by atoms with van der Waals surface area (Å²) in [6, 6.07) is 0. The van der Waals surface area contributed by atoms with E-state index in [1.807, 2.05) is 0 Å². The van der Waals surface area contributed by atoms with Crippen molar-refractivity contribution in [3.8, 4) is 0 Å². The molecule has 0 aromatic rings. The van der Waals surface area contributed by atoms with Gasteiger partial charge in [-0.2, -0.15) is 0 Å². The first-order chi connectivity index (χ1) is 5.04. The Balaban J connectivity index is 3.24. The highest BCUT2D eigenvalue weighted by molar-refractivity contribution is 4.56. The lowest BCUT2D eigenvalue weighted by Crippen LogP contribution is -2.10. The minimum atomic E-state index is 0.384. The van der Waals surface area contributed by atoms with Gasteiger partial charge in [0.15, 0.2) is 0 Å². The van der Waals surface area contributed by atoms with Crippen LogP contribution in [0.3, 0.4) is 0 Å². The van der Waals surface area contributed by atoms with Crippen LogP contribution in [0.15, 0.2) is 0 Å². The molecule has 0 aromatic heterocycles. The van der Waals surface area contributed by atoms with Gasteiger partial charge >= 0.3 is 0 Å². The summed E-state index contributed by atoms with van der Waals surface area (Å²) in [5.74, 6) is 1.57. The SMILES string of the molecule is CC(C)OCC[C@@H](C)C(C)C. The van der Waals surface area contributed by atoms with Crippen LogP contribution in [-0.4, -0.2) is 12.7 Å². The van der Waals surface area contributed by atoms with Crippen molar-refractivity contribution < 1.29 is 4.74 Å². The van der Waals surface area contributed by atoms with Gasteiger partial charge in [-0.25, -0.2) is 0 Å². The van der Waals surface area contributed by atoms with Gasteiger partial charge in [0.1, 0.15) is 0 Å². The van der Waals surface area contributed by atoms with Gasteiger partial charge in [0, 0.05) is 6.61 Å². The van der Waals surface area contributed by atoms with E-state index < -0.39 is 0 Å². The predicted octanol–water partition coefficient (Wildman–Crippen LogP) is 3.09. The van der Waals surface area contributed by atoms with Crippen LogP contribution in [0, 0.1) is 11.8 Å². The Labute approximate surface area is 71.1 Å². The van der Waals surface area contributed by atoms with Crippen LogP contribution in [0.1, 0.15) is 41.0 Å². The van der Waals surface area contributed by atoms with Crippen LogP contribution in [-0.2, 0) is 4.74 Å². The van der Waals surface area contributed by atoms with Gasteiger partial charge in [-0.15, -0.1) is 0 Å². The van der Waals surface area contributed by atoms with Gasteiger partial charge in [-0.1, -0.05) is 20.8 Å². The molecule has 0 rings (SSSR count). The zero-order chi connectivity index (χ0) is 8.85. The molecule has 0 saturated carbocycles. The average Bonchev–Trinajstić information content (AvgIpc) is 1.86. The molecular weight excluding hydrogens is 136 g/mol. The van der Waals surface area contributed by atoms with Crippen molar-refractivity contribution in [1.82, 2.24) is 0 Å². The first kappa shape index (κ1) is 11.0. The molecule has 0 aromatic carbocycles. The maximum atomic E-state index is 5.46. The standard InChI is InChI=1S/C10H22O/c1-8(2)10(5)6-7-11-9(3)4/h8-10H,6-7H2,1-5H3/t10-/m1/s1. The Morgan fingerprint density at radius 3 is 1.91 bits per heavy atom.